The topological polar surface area (TPSA) is 85.1 Å². The van der Waals surface area contributed by atoms with Crippen molar-refractivity contribution < 1.29 is 9.59 Å². The van der Waals surface area contributed by atoms with Gasteiger partial charge in [0.2, 0.25) is 0 Å². The summed E-state index contributed by atoms with van der Waals surface area (Å²) in [6.45, 7) is 6.75. The van der Waals surface area contributed by atoms with E-state index in [1.54, 1.807) is 12.1 Å². The highest BCUT2D eigenvalue weighted by Gasteiger charge is 2.33. The molecule has 3 N–H and O–H groups in total. The van der Waals surface area contributed by atoms with Crippen molar-refractivity contribution in [3.05, 3.63) is 81.2 Å². The minimum absolute atomic E-state index is 0.170. The molecule has 0 saturated heterocycles. The van der Waals surface area contributed by atoms with Crippen LogP contribution in [0.2, 0.25) is 5.02 Å². The van der Waals surface area contributed by atoms with Crippen LogP contribution in [-0.4, -0.2) is 16.8 Å². The van der Waals surface area contributed by atoms with Crippen LogP contribution in [0.15, 0.2) is 54.6 Å². The van der Waals surface area contributed by atoms with Crippen LogP contribution in [0.4, 0.5) is 5.00 Å². The normalized spacial score (nSPS) is 15.5. The van der Waals surface area contributed by atoms with E-state index in [9.17, 15) is 9.59 Å². The van der Waals surface area contributed by atoms with Crippen molar-refractivity contribution in [2.75, 3.05) is 5.32 Å². The van der Waals surface area contributed by atoms with Gasteiger partial charge in [0.15, 0.2) is 0 Å². The van der Waals surface area contributed by atoms with Crippen LogP contribution in [0.1, 0.15) is 58.3 Å². The molecule has 0 saturated carbocycles. The molecule has 36 heavy (non-hydrogen) atoms. The van der Waals surface area contributed by atoms with E-state index in [2.05, 4.69) is 26.1 Å². The molecule has 1 unspecified atom stereocenters. The van der Waals surface area contributed by atoms with Gasteiger partial charge in [-0.15, -0.1) is 11.3 Å². The number of nitrogens with one attached hydrogen (secondary N) is 1. The fourth-order valence-corrected chi connectivity index (χ4v) is 6.57. The summed E-state index contributed by atoms with van der Waals surface area (Å²) in [7, 11) is 0. The number of carbonyl (C=O) groups is 2. The van der Waals surface area contributed by atoms with Gasteiger partial charge in [-0.25, -0.2) is 4.98 Å². The van der Waals surface area contributed by atoms with Gasteiger partial charge in [0.1, 0.15) is 5.00 Å². The van der Waals surface area contributed by atoms with Crippen LogP contribution in [0.5, 0.6) is 0 Å². The van der Waals surface area contributed by atoms with Crippen molar-refractivity contribution in [1.29, 1.82) is 0 Å². The summed E-state index contributed by atoms with van der Waals surface area (Å²) in [6.07, 6.45) is 2.67. The highest BCUT2D eigenvalue weighted by atomic mass is 35.5. The van der Waals surface area contributed by atoms with E-state index in [4.69, 9.17) is 22.3 Å². The smallest absolute Gasteiger partial charge is 0.257 e. The lowest BCUT2D eigenvalue weighted by Crippen LogP contribution is -2.27. The fourth-order valence-electron chi connectivity index (χ4n) is 5.01. The molecule has 184 valence electrons. The molecule has 4 aromatic rings. The molecule has 0 fully saturated rings. The van der Waals surface area contributed by atoms with Crippen molar-refractivity contribution in [3.8, 4) is 11.3 Å². The number of rotatable bonds is 4. The predicted octanol–water partition coefficient (Wildman–Crippen LogP) is 7.12. The molecule has 7 heteroatoms. The number of primary amides is 1. The highest BCUT2D eigenvalue weighted by molar-refractivity contribution is 7.17. The van der Waals surface area contributed by atoms with Gasteiger partial charge in [0.25, 0.3) is 11.8 Å². The molecule has 0 radical (unpaired) electrons. The number of fused-ring (bicyclic) bond motifs is 2. The van der Waals surface area contributed by atoms with E-state index in [1.807, 2.05) is 42.5 Å². The Bertz CT molecular complexity index is 1500. The van der Waals surface area contributed by atoms with Crippen molar-refractivity contribution in [2.24, 2.45) is 17.1 Å². The maximum Gasteiger partial charge on any atom is 0.257 e. The van der Waals surface area contributed by atoms with E-state index in [0.29, 0.717) is 38.3 Å². The Balaban J connectivity index is 1.56. The zero-order chi connectivity index (χ0) is 25.6. The van der Waals surface area contributed by atoms with E-state index in [0.717, 1.165) is 40.7 Å². The second-order valence-corrected chi connectivity index (χ2v) is 11.9. The van der Waals surface area contributed by atoms with Crippen LogP contribution in [-0.2, 0) is 12.8 Å². The molecule has 0 aliphatic heterocycles. The van der Waals surface area contributed by atoms with E-state index < -0.39 is 5.91 Å². The van der Waals surface area contributed by atoms with Crippen molar-refractivity contribution in [2.45, 2.75) is 40.0 Å². The number of anilines is 1. The number of benzene rings is 2. The Morgan fingerprint density at radius 3 is 2.56 bits per heavy atom. The van der Waals surface area contributed by atoms with Gasteiger partial charge in [-0.2, -0.15) is 0 Å². The van der Waals surface area contributed by atoms with Gasteiger partial charge in [-0.05, 0) is 54.4 Å². The van der Waals surface area contributed by atoms with E-state index in [-0.39, 0.29) is 11.3 Å². The number of hydrogen-bond donors (Lipinski definition) is 2. The van der Waals surface area contributed by atoms with Gasteiger partial charge in [-0.1, -0.05) is 68.8 Å². The molecule has 1 atom stereocenters. The Morgan fingerprint density at radius 1 is 1.11 bits per heavy atom. The average molecular weight is 518 g/mol. The van der Waals surface area contributed by atoms with E-state index in [1.165, 1.54) is 11.3 Å². The molecule has 0 bridgehead atoms. The van der Waals surface area contributed by atoms with Crippen molar-refractivity contribution in [3.63, 3.8) is 0 Å². The van der Waals surface area contributed by atoms with Crippen LogP contribution >= 0.6 is 22.9 Å². The van der Waals surface area contributed by atoms with Crippen LogP contribution in [0, 0.1) is 11.3 Å². The highest BCUT2D eigenvalue weighted by Crippen LogP contribution is 2.44. The van der Waals surface area contributed by atoms with E-state index >= 15 is 0 Å². The Labute approximate surface area is 219 Å². The number of thiophene rings is 1. The van der Waals surface area contributed by atoms with Crippen molar-refractivity contribution >= 4 is 50.7 Å². The number of halogens is 1. The molecule has 1 aliphatic carbocycles. The maximum absolute atomic E-state index is 13.7. The fraction of sp³-hybridized carbons (Fsp3) is 0.276. The molecule has 2 aromatic heterocycles. The minimum atomic E-state index is -0.506. The molecule has 1 aliphatic rings. The summed E-state index contributed by atoms with van der Waals surface area (Å²) in [5, 5.41) is 4.82. The molecular weight excluding hydrogens is 490 g/mol. The number of para-hydroxylation sites is 1. The number of amides is 2. The molecule has 2 heterocycles. The SMILES string of the molecule is CC(C)(C)C1CCc2c(sc(NC(=O)c3cc(-c4ccccc4Cl)nc4ccccc34)c2C(N)=O)C1. The Morgan fingerprint density at radius 2 is 1.83 bits per heavy atom. The van der Waals surface area contributed by atoms with Crippen molar-refractivity contribution in [1.82, 2.24) is 4.98 Å². The monoisotopic (exact) mass is 517 g/mol. The lowest BCUT2D eigenvalue weighted by Gasteiger charge is -2.33. The first-order valence-electron chi connectivity index (χ1n) is 12.0. The molecular formula is C29H28ClN3O2S. The minimum Gasteiger partial charge on any atom is -0.365 e. The first-order chi connectivity index (χ1) is 17.1. The number of nitrogens with two attached hydrogens (primary N) is 1. The molecule has 2 aromatic carbocycles. The van der Waals surface area contributed by atoms with Crippen LogP contribution in [0.25, 0.3) is 22.2 Å². The zero-order valence-corrected chi connectivity index (χ0v) is 22.1. The summed E-state index contributed by atoms with van der Waals surface area (Å²) in [5.41, 5.74) is 9.92. The zero-order valence-electron chi connectivity index (χ0n) is 20.5. The maximum atomic E-state index is 13.7. The second kappa shape index (κ2) is 9.34. The number of pyridine rings is 1. The molecule has 5 rings (SSSR count). The molecule has 5 nitrogen and oxygen atoms in total. The third kappa shape index (κ3) is 4.51. The average Bonchev–Trinajstić information content (AvgIpc) is 3.20. The third-order valence-corrected chi connectivity index (χ3v) is 8.57. The van der Waals surface area contributed by atoms with Gasteiger partial charge in [0, 0.05) is 20.8 Å². The summed E-state index contributed by atoms with van der Waals surface area (Å²) in [4.78, 5) is 32.1. The van der Waals surface area contributed by atoms with Gasteiger partial charge >= 0.3 is 0 Å². The van der Waals surface area contributed by atoms with Gasteiger partial charge in [0.05, 0.1) is 22.3 Å². The number of carbonyl (C=O) groups excluding carboxylic acids is 2. The summed E-state index contributed by atoms with van der Waals surface area (Å²) in [6, 6.07) is 16.7. The summed E-state index contributed by atoms with van der Waals surface area (Å²) < 4.78 is 0. The second-order valence-electron chi connectivity index (χ2n) is 10.4. The molecule has 0 spiro atoms. The number of nitrogens with zero attached hydrogens (tertiary/aromatic N) is 1. The Kier molecular flexibility index (Phi) is 6.35. The lowest BCUT2D eigenvalue weighted by molar-refractivity contribution is 0.1000. The lowest BCUT2D eigenvalue weighted by atomic mass is 9.72. The van der Waals surface area contributed by atoms with Gasteiger partial charge < -0.3 is 11.1 Å². The summed E-state index contributed by atoms with van der Waals surface area (Å²) >= 11 is 7.91. The van der Waals surface area contributed by atoms with Crippen LogP contribution in [0.3, 0.4) is 0 Å². The quantitative estimate of drug-likeness (QED) is 0.302. The Hall–Kier alpha value is -3.22. The largest absolute Gasteiger partial charge is 0.365 e. The first kappa shape index (κ1) is 24.5. The first-order valence-corrected chi connectivity index (χ1v) is 13.2. The third-order valence-electron chi connectivity index (χ3n) is 7.07. The number of aromatic nitrogens is 1. The number of hydrogen-bond acceptors (Lipinski definition) is 4. The standard InChI is InChI=1S/C29H28ClN3O2S/c1-29(2,3)16-12-13-19-24(14-16)36-28(25(19)26(31)34)33-27(35)20-15-23(18-9-4-6-10-21(18)30)32-22-11-7-5-8-17(20)22/h4-11,15-16H,12-14H2,1-3H3,(H2,31,34)(H,33,35). The van der Waals surface area contributed by atoms with Gasteiger partial charge in [-0.3, -0.25) is 9.59 Å². The molecule has 2 amide bonds. The summed E-state index contributed by atoms with van der Waals surface area (Å²) in [5.74, 6) is -0.307. The predicted molar refractivity (Wildman–Crippen MR) is 148 cm³/mol. The van der Waals surface area contributed by atoms with Crippen LogP contribution < -0.4 is 11.1 Å².